The average Bonchev–Trinajstić information content (AvgIpc) is 2.20. The van der Waals surface area contributed by atoms with E-state index in [0.29, 0.717) is 0 Å². The predicted octanol–water partition coefficient (Wildman–Crippen LogP) is 1.62. The van der Waals surface area contributed by atoms with E-state index in [1.54, 1.807) is 31.3 Å². The highest BCUT2D eigenvalue weighted by molar-refractivity contribution is 8.00. The Labute approximate surface area is 87.5 Å². The lowest BCUT2D eigenvalue weighted by atomic mass is 10.3. The maximum absolute atomic E-state index is 11.2. The second kappa shape index (κ2) is 4.91. The summed E-state index contributed by atoms with van der Waals surface area (Å²) >= 11 is 1.46. The summed E-state index contributed by atoms with van der Waals surface area (Å²) in [6, 6.07) is 6.80. The molecule has 1 unspecified atom stereocenters. The van der Waals surface area contributed by atoms with Crippen LogP contribution in [0.2, 0.25) is 0 Å². The fraction of sp³-hybridized carbons (Fsp3) is 0.300. The first-order chi connectivity index (χ1) is 6.63. The van der Waals surface area contributed by atoms with Crippen LogP contribution in [-0.4, -0.2) is 23.3 Å². The third kappa shape index (κ3) is 2.96. The van der Waals surface area contributed by atoms with Gasteiger partial charge in [-0.2, -0.15) is 0 Å². The van der Waals surface area contributed by atoms with Gasteiger partial charge in [0.2, 0.25) is 5.91 Å². The zero-order valence-corrected chi connectivity index (χ0v) is 8.97. The summed E-state index contributed by atoms with van der Waals surface area (Å²) in [6.07, 6.45) is 0. The van der Waals surface area contributed by atoms with Gasteiger partial charge < -0.3 is 10.4 Å². The summed E-state index contributed by atoms with van der Waals surface area (Å²) < 4.78 is 0. The van der Waals surface area contributed by atoms with Crippen molar-refractivity contribution in [2.45, 2.75) is 17.1 Å². The minimum absolute atomic E-state index is 0.00285. The second-order valence-electron chi connectivity index (χ2n) is 2.87. The number of hydrogen-bond acceptors (Lipinski definition) is 3. The van der Waals surface area contributed by atoms with Gasteiger partial charge in [0.25, 0.3) is 0 Å². The number of carbonyl (C=O) groups is 1. The molecule has 1 aromatic rings. The summed E-state index contributed by atoms with van der Waals surface area (Å²) in [7, 11) is 1.62. The van der Waals surface area contributed by atoms with E-state index in [0.717, 1.165) is 4.90 Å². The third-order valence-corrected chi connectivity index (χ3v) is 2.88. The number of hydrogen-bond donors (Lipinski definition) is 2. The number of aromatic hydroxyl groups is 1. The van der Waals surface area contributed by atoms with Gasteiger partial charge in [0.1, 0.15) is 5.75 Å². The molecule has 14 heavy (non-hydrogen) atoms. The SMILES string of the molecule is CNC(=O)C(C)Sc1ccc(O)cc1. The van der Waals surface area contributed by atoms with E-state index in [9.17, 15) is 4.79 Å². The van der Waals surface area contributed by atoms with Gasteiger partial charge in [-0.3, -0.25) is 4.79 Å². The molecule has 1 atom stereocenters. The van der Waals surface area contributed by atoms with Crippen LogP contribution in [0.3, 0.4) is 0 Å². The first-order valence-electron chi connectivity index (χ1n) is 4.30. The lowest BCUT2D eigenvalue weighted by molar-refractivity contribution is -0.119. The van der Waals surface area contributed by atoms with E-state index >= 15 is 0 Å². The van der Waals surface area contributed by atoms with Gasteiger partial charge in [-0.05, 0) is 31.2 Å². The Bertz CT molecular complexity index is 310. The third-order valence-electron chi connectivity index (χ3n) is 1.77. The van der Waals surface area contributed by atoms with Crippen molar-refractivity contribution in [2.24, 2.45) is 0 Å². The highest BCUT2D eigenvalue weighted by Crippen LogP contribution is 2.24. The Hall–Kier alpha value is -1.16. The molecule has 0 spiro atoms. The van der Waals surface area contributed by atoms with Crippen LogP contribution in [-0.2, 0) is 4.79 Å². The zero-order chi connectivity index (χ0) is 10.6. The maximum Gasteiger partial charge on any atom is 0.232 e. The van der Waals surface area contributed by atoms with Crippen molar-refractivity contribution in [1.29, 1.82) is 0 Å². The van der Waals surface area contributed by atoms with Crippen molar-refractivity contribution in [3.63, 3.8) is 0 Å². The minimum atomic E-state index is -0.121. The molecule has 0 radical (unpaired) electrons. The molecule has 4 heteroatoms. The van der Waals surface area contributed by atoms with Gasteiger partial charge in [-0.1, -0.05) is 0 Å². The number of carbonyl (C=O) groups excluding carboxylic acids is 1. The molecule has 0 heterocycles. The van der Waals surface area contributed by atoms with Gasteiger partial charge in [-0.25, -0.2) is 0 Å². The average molecular weight is 211 g/mol. The van der Waals surface area contributed by atoms with Crippen molar-refractivity contribution >= 4 is 17.7 Å². The molecule has 0 bridgehead atoms. The molecule has 0 aliphatic heterocycles. The van der Waals surface area contributed by atoms with Gasteiger partial charge in [-0.15, -0.1) is 11.8 Å². The van der Waals surface area contributed by atoms with Crippen LogP contribution in [0.25, 0.3) is 0 Å². The van der Waals surface area contributed by atoms with Crippen molar-refractivity contribution in [1.82, 2.24) is 5.32 Å². The van der Waals surface area contributed by atoms with Gasteiger partial charge in [0, 0.05) is 11.9 Å². The fourth-order valence-corrected chi connectivity index (χ4v) is 1.91. The van der Waals surface area contributed by atoms with E-state index in [-0.39, 0.29) is 16.9 Å². The molecule has 0 saturated carbocycles. The summed E-state index contributed by atoms with van der Waals surface area (Å²) in [4.78, 5) is 12.2. The van der Waals surface area contributed by atoms with E-state index < -0.39 is 0 Å². The molecule has 1 aromatic carbocycles. The lowest BCUT2D eigenvalue weighted by Gasteiger charge is -2.08. The first kappa shape index (κ1) is 10.9. The molecule has 0 aromatic heterocycles. The minimum Gasteiger partial charge on any atom is -0.508 e. The zero-order valence-electron chi connectivity index (χ0n) is 8.15. The highest BCUT2D eigenvalue weighted by Gasteiger charge is 2.11. The van der Waals surface area contributed by atoms with Crippen LogP contribution in [0.4, 0.5) is 0 Å². The van der Waals surface area contributed by atoms with Crippen LogP contribution in [0, 0.1) is 0 Å². The van der Waals surface area contributed by atoms with Crippen molar-refractivity contribution in [3.8, 4) is 5.75 Å². The normalized spacial score (nSPS) is 12.1. The van der Waals surface area contributed by atoms with Crippen molar-refractivity contribution in [2.75, 3.05) is 7.05 Å². The number of rotatable bonds is 3. The molecule has 0 saturated heterocycles. The molecule has 76 valence electrons. The largest absolute Gasteiger partial charge is 0.508 e. The second-order valence-corrected chi connectivity index (χ2v) is 4.28. The maximum atomic E-state index is 11.2. The summed E-state index contributed by atoms with van der Waals surface area (Å²) in [5, 5.41) is 11.5. The topological polar surface area (TPSA) is 49.3 Å². The van der Waals surface area contributed by atoms with Gasteiger partial charge in [0.05, 0.1) is 5.25 Å². The van der Waals surface area contributed by atoms with Crippen LogP contribution >= 0.6 is 11.8 Å². The highest BCUT2D eigenvalue weighted by atomic mass is 32.2. The van der Waals surface area contributed by atoms with E-state index in [1.165, 1.54) is 11.8 Å². The Morgan fingerprint density at radius 1 is 1.43 bits per heavy atom. The number of amides is 1. The number of phenols is 1. The quantitative estimate of drug-likeness (QED) is 0.747. The molecule has 1 amide bonds. The Kier molecular flexibility index (Phi) is 3.83. The van der Waals surface area contributed by atoms with Crippen LogP contribution in [0.1, 0.15) is 6.92 Å². The molecule has 1 rings (SSSR count). The number of nitrogens with one attached hydrogen (secondary N) is 1. The standard InChI is InChI=1S/C10H13NO2S/c1-7(10(13)11-2)14-9-5-3-8(12)4-6-9/h3-7,12H,1-2H3,(H,11,13). The number of phenolic OH excluding ortho intramolecular Hbond substituents is 1. The molecular weight excluding hydrogens is 198 g/mol. The Balaban J connectivity index is 2.60. The fourth-order valence-electron chi connectivity index (χ4n) is 0.986. The molecular formula is C10H13NO2S. The van der Waals surface area contributed by atoms with Crippen LogP contribution in [0.15, 0.2) is 29.2 Å². The lowest BCUT2D eigenvalue weighted by Crippen LogP contribution is -2.27. The Morgan fingerprint density at radius 3 is 2.50 bits per heavy atom. The summed E-state index contributed by atoms with van der Waals surface area (Å²) in [6.45, 7) is 1.84. The van der Waals surface area contributed by atoms with Crippen LogP contribution < -0.4 is 5.32 Å². The first-order valence-corrected chi connectivity index (χ1v) is 5.18. The smallest absolute Gasteiger partial charge is 0.232 e. The molecule has 2 N–H and O–H groups in total. The molecule has 0 aliphatic carbocycles. The molecule has 0 aliphatic rings. The van der Waals surface area contributed by atoms with E-state index in [4.69, 9.17) is 5.11 Å². The Morgan fingerprint density at radius 2 is 2.00 bits per heavy atom. The monoisotopic (exact) mass is 211 g/mol. The summed E-state index contributed by atoms with van der Waals surface area (Å²) in [5.41, 5.74) is 0. The van der Waals surface area contributed by atoms with Crippen LogP contribution in [0.5, 0.6) is 5.75 Å². The van der Waals surface area contributed by atoms with E-state index in [1.807, 2.05) is 6.92 Å². The predicted molar refractivity (Wildman–Crippen MR) is 57.5 cm³/mol. The van der Waals surface area contributed by atoms with Crippen molar-refractivity contribution < 1.29 is 9.90 Å². The van der Waals surface area contributed by atoms with E-state index in [2.05, 4.69) is 5.32 Å². The molecule has 3 nitrogen and oxygen atoms in total. The van der Waals surface area contributed by atoms with Gasteiger partial charge >= 0.3 is 0 Å². The van der Waals surface area contributed by atoms with Gasteiger partial charge in [0.15, 0.2) is 0 Å². The summed E-state index contributed by atoms with van der Waals surface area (Å²) in [5.74, 6) is 0.241. The number of thioether (sulfide) groups is 1. The molecule has 0 fully saturated rings. The van der Waals surface area contributed by atoms with Crippen molar-refractivity contribution in [3.05, 3.63) is 24.3 Å². The number of benzene rings is 1.